The highest BCUT2D eigenvalue weighted by Crippen LogP contribution is 2.38. The summed E-state index contributed by atoms with van der Waals surface area (Å²) in [6.45, 7) is 4.41. The average molecular weight is 817 g/mol. The zero-order valence-electron chi connectivity index (χ0n) is 23.7. The van der Waals surface area contributed by atoms with Crippen molar-refractivity contribution in [1.82, 2.24) is 30.6 Å². The zero-order chi connectivity index (χ0) is 33.1. The predicted octanol–water partition coefficient (Wildman–Crippen LogP) is 7.96. The maximum absolute atomic E-state index is 6.04. The second-order valence-corrected chi connectivity index (χ2v) is 16.7. The van der Waals surface area contributed by atoms with Gasteiger partial charge < -0.3 is 27.5 Å². The monoisotopic (exact) mass is 812 g/mol. The molecule has 0 saturated heterocycles. The van der Waals surface area contributed by atoms with Gasteiger partial charge in [0.15, 0.2) is 0 Å². The molecule has 21 heteroatoms. The summed E-state index contributed by atoms with van der Waals surface area (Å²) >= 11 is 52.0. The lowest BCUT2D eigenvalue weighted by molar-refractivity contribution is -0.0725. The van der Waals surface area contributed by atoms with Gasteiger partial charge in [-0.3, -0.25) is 0 Å². The van der Waals surface area contributed by atoms with Gasteiger partial charge in [-0.1, -0.05) is 111 Å². The summed E-state index contributed by atoms with van der Waals surface area (Å²) in [5, 5.41) is 22.9. The third kappa shape index (κ3) is 13.7. The predicted molar refractivity (Wildman–Crippen MR) is 171 cm³/mol. The van der Waals surface area contributed by atoms with Crippen LogP contribution < -0.4 is 0 Å². The smallest absolute Gasteiger partial charge is 0.268 e. The minimum absolute atomic E-state index is 0.0858. The van der Waals surface area contributed by atoms with Crippen LogP contribution in [0.5, 0.6) is 0 Å². The normalized spacial score (nSPS) is 13.2. The van der Waals surface area contributed by atoms with E-state index in [-0.39, 0.29) is 17.7 Å². The molecule has 3 aromatic heterocycles. The number of nitrogens with zero attached hydrogens (tertiary/aromatic N) is 6. The first-order valence-corrected chi connectivity index (χ1v) is 16.9. The highest BCUT2D eigenvalue weighted by Gasteiger charge is 2.33. The molecule has 0 aliphatic rings. The largest absolute Gasteiger partial charge is 0.421 e. The Morgan fingerprint density at radius 2 is 0.778 bits per heavy atom. The molecule has 3 rings (SSSR count). The summed E-state index contributed by atoms with van der Waals surface area (Å²) in [7, 11) is 0. The standard InChI is InChI=1S/C24H29Cl9N6O6/c1-2-21(12-40-9-3-6-15-34-37-18(43-15)22(25,26)27,13-41-10-4-7-16-35-38-19(44-16)23(28,29)30)14-42-11-5-8-17-36-39-20(45-17)24(31,32)33/h2-14H2,1H3. The van der Waals surface area contributed by atoms with Crippen molar-refractivity contribution in [3.63, 3.8) is 0 Å². The van der Waals surface area contributed by atoms with Crippen LogP contribution >= 0.6 is 104 Å². The average Bonchev–Trinajstić information content (AvgIpc) is 3.72. The molecule has 0 aromatic carbocycles. The molecule has 0 unspecified atom stereocenters. The summed E-state index contributed by atoms with van der Waals surface area (Å²) in [5.41, 5.74) is -0.437. The van der Waals surface area contributed by atoms with E-state index in [0.717, 1.165) is 6.42 Å². The second-order valence-electron chi connectivity index (χ2n) is 9.82. The SMILES string of the molecule is CCC(COCCCc1nnc(C(Cl)(Cl)Cl)o1)(COCCCc1nnc(C(Cl)(Cl)Cl)o1)COCCCc1nnc(C(Cl)(Cl)Cl)o1. The molecule has 0 amide bonds. The fourth-order valence-corrected chi connectivity index (χ4v) is 4.37. The van der Waals surface area contributed by atoms with E-state index in [2.05, 4.69) is 30.6 Å². The number of halogens is 9. The number of alkyl halides is 9. The van der Waals surface area contributed by atoms with Crippen molar-refractivity contribution in [2.24, 2.45) is 5.41 Å². The lowest BCUT2D eigenvalue weighted by Gasteiger charge is -2.32. The van der Waals surface area contributed by atoms with Gasteiger partial charge in [-0.25, -0.2) is 0 Å². The third-order valence-corrected chi connectivity index (χ3v) is 7.60. The Morgan fingerprint density at radius 1 is 0.489 bits per heavy atom. The topological polar surface area (TPSA) is 144 Å². The molecular formula is C24H29Cl9N6O6. The van der Waals surface area contributed by atoms with Crippen LogP contribution in [0.15, 0.2) is 13.3 Å². The summed E-state index contributed by atoms with van der Waals surface area (Å²) in [4.78, 5) is 0. The molecule has 0 atom stereocenters. The molecule has 45 heavy (non-hydrogen) atoms. The van der Waals surface area contributed by atoms with Crippen molar-refractivity contribution in [2.45, 2.75) is 63.2 Å². The zero-order valence-corrected chi connectivity index (χ0v) is 30.5. The number of aryl methyl sites for hydroxylation is 3. The van der Waals surface area contributed by atoms with Gasteiger partial charge in [0.1, 0.15) is 0 Å². The van der Waals surface area contributed by atoms with E-state index in [9.17, 15) is 0 Å². The first-order valence-electron chi connectivity index (χ1n) is 13.5. The van der Waals surface area contributed by atoms with Gasteiger partial charge in [0.2, 0.25) is 17.7 Å². The quantitative estimate of drug-likeness (QED) is 0.0855. The molecule has 0 N–H and O–H groups in total. The van der Waals surface area contributed by atoms with E-state index in [0.29, 0.717) is 95.8 Å². The molecule has 0 aliphatic carbocycles. The van der Waals surface area contributed by atoms with Crippen LogP contribution in [0.25, 0.3) is 0 Å². The minimum atomic E-state index is -1.78. The van der Waals surface area contributed by atoms with Gasteiger partial charge in [0.05, 0.1) is 19.8 Å². The second kappa shape index (κ2) is 18.1. The first kappa shape index (κ1) is 39.3. The molecule has 0 saturated carbocycles. The minimum Gasteiger partial charge on any atom is -0.421 e. The molecule has 254 valence electrons. The van der Waals surface area contributed by atoms with Gasteiger partial charge in [0.25, 0.3) is 29.0 Å². The molecule has 0 aliphatic heterocycles. The van der Waals surface area contributed by atoms with Crippen molar-refractivity contribution in [3.8, 4) is 0 Å². The number of ether oxygens (including phenoxy) is 3. The van der Waals surface area contributed by atoms with Crippen LogP contribution in [0, 0.1) is 5.41 Å². The van der Waals surface area contributed by atoms with Crippen LogP contribution in [0.3, 0.4) is 0 Å². The van der Waals surface area contributed by atoms with E-state index in [1.165, 1.54) is 0 Å². The Balaban J connectivity index is 1.47. The molecular weight excluding hydrogens is 787 g/mol. The van der Waals surface area contributed by atoms with Crippen LogP contribution in [-0.2, 0) is 44.9 Å². The van der Waals surface area contributed by atoms with E-state index in [1.807, 2.05) is 6.92 Å². The number of rotatable bonds is 19. The Bertz CT molecular complexity index is 1140. The molecule has 3 aromatic rings. The van der Waals surface area contributed by atoms with Crippen LogP contribution in [0.2, 0.25) is 0 Å². The Hall–Kier alpha value is -0.0900. The molecule has 3 heterocycles. The van der Waals surface area contributed by atoms with E-state index >= 15 is 0 Å². The van der Waals surface area contributed by atoms with Crippen molar-refractivity contribution < 1.29 is 27.5 Å². The highest BCUT2D eigenvalue weighted by molar-refractivity contribution is 6.67. The molecule has 0 fully saturated rings. The fourth-order valence-electron chi connectivity index (χ4n) is 3.68. The summed E-state index contributed by atoms with van der Waals surface area (Å²) in [6.07, 6.45) is 3.87. The molecule has 12 nitrogen and oxygen atoms in total. The summed E-state index contributed by atoms with van der Waals surface area (Å²) in [6, 6.07) is 0. The number of hydrogen-bond acceptors (Lipinski definition) is 12. The van der Waals surface area contributed by atoms with Gasteiger partial charge in [0, 0.05) is 44.5 Å². The summed E-state index contributed by atoms with van der Waals surface area (Å²) < 4.78 is 28.9. The molecule has 0 bridgehead atoms. The lowest BCUT2D eigenvalue weighted by atomic mass is 9.88. The van der Waals surface area contributed by atoms with Gasteiger partial charge in [-0.15, -0.1) is 30.6 Å². The van der Waals surface area contributed by atoms with Gasteiger partial charge in [-0.05, 0) is 25.7 Å². The van der Waals surface area contributed by atoms with E-state index < -0.39 is 16.8 Å². The van der Waals surface area contributed by atoms with E-state index in [1.54, 1.807) is 0 Å². The molecule has 0 radical (unpaired) electrons. The summed E-state index contributed by atoms with van der Waals surface area (Å²) in [5.74, 6) is 0.778. The van der Waals surface area contributed by atoms with Crippen LogP contribution in [0.1, 0.15) is 68.0 Å². The molecule has 0 spiro atoms. The van der Waals surface area contributed by atoms with Crippen molar-refractivity contribution in [2.75, 3.05) is 39.6 Å². The highest BCUT2D eigenvalue weighted by atomic mass is 35.6. The van der Waals surface area contributed by atoms with Crippen molar-refractivity contribution in [1.29, 1.82) is 0 Å². The number of hydrogen-bond donors (Lipinski definition) is 0. The van der Waals surface area contributed by atoms with Gasteiger partial charge >= 0.3 is 0 Å². The van der Waals surface area contributed by atoms with Crippen LogP contribution in [-0.4, -0.2) is 70.2 Å². The fraction of sp³-hybridized carbons (Fsp3) is 0.750. The third-order valence-electron chi connectivity index (χ3n) is 6.14. The first-order chi connectivity index (χ1) is 21.1. The van der Waals surface area contributed by atoms with E-state index in [4.69, 9.17) is 132 Å². The Labute approximate surface area is 304 Å². The lowest BCUT2D eigenvalue weighted by Crippen LogP contribution is -2.37. The van der Waals surface area contributed by atoms with Crippen molar-refractivity contribution in [3.05, 3.63) is 35.3 Å². The number of aromatic nitrogens is 6. The Morgan fingerprint density at radius 3 is 1.00 bits per heavy atom. The van der Waals surface area contributed by atoms with Crippen LogP contribution in [0.4, 0.5) is 0 Å². The maximum Gasteiger partial charge on any atom is 0.268 e. The van der Waals surface area contributed by atoms with Crippen molar-refractivity contribution >= 4 is 104 Å². The maximum atomic E-state index is 6.04. The Kier molecular flexibility index (Phi) is 15.8. The van der Waals surface area contributed by atoms with Gasteiger partial charge in [-0.2, -0.15) is 0 Å².